The molecule has 2 N–H and O–H groups in total. The van der Waals surface area contributed by atoms with E-state index in [1.54, 1.807) is 31.2 Å². The van der Waals surface area contributed by atoms with Gasteiger partial charge in [-0.2, -0.15) is 0 Å². The summed E-state index contributed by atoms with van der Waals surface area (Å²) < 4.78 is 28.5. The van der Waals surface area contributed by atoms with Crippen LogP contribution in [0.4, 0.5) is 5.69 Å². The molecule has 7 nitrogen and oxygen atoms in total. The van der Waals surface area contributed by atoms with Gasteiger partial charge in [0.1, 0.15) is 0 Å². The highest BCUT2D eigenvalue weighted by molar-refractivity contribution is 7.92. The number of likely N-dealkylation sites (tertiary alicyclic amines) is 1. The zero-order chi connectivity index (χ0) is 25.0. The Hall–Kier alpha value is -2.87. The average molecular weight is 498 g/mol. The number of rotatable bonds is 6. The molecule has 2 fully saturated rings. The lowest BCUT2D eigenvalue weighted by Gasteiger charge is -2.35. The highest BCUT2D eigenvalue weighted by Gasteiger charge is 2.30. The standard InChI is InChI=1S/C27H35N3O4S/c1-19-7-6-10-23(17-19)29-35(33,34)24-12-11-20(2)25(18-24)26(31)28-22-13-15-30(16-14-22)27(32)21-8-4-3-5-9-21/h6-7,10-12,17-18,21-22,29H,3-5,8-9,13-16H2,1-2H3,(H,28,31). The van der Waals surface area contributed by atoms with E-state index in [4.69, 9.17) is 0 Å². The van der Waals surface area contributed by atoms with Gasteiger partial charge in [-0.3, -0.25) is 14.3 Å². The number of nitrogens with one attached hydrogen (secondary N) is 2. The molecule has 0 atom stereocenters. The van der Waals surface area contributed by atoms with Gasteiger partial charge in [-0.25, -0.2) is 8.42 Å². The molecule has 2 aromatic carbocycles. The largest absolute Gasteiger partial charge is 0.349 e. The number of carbonyl (C=O) groups is 2. The van der Waals surface area contributed by atoms with E-state index in [0.717, 1.165) is 31.2 Å². The van der Waals surface area contributed by atoms with Crippen molar-refractivity contribution in [3.63, 3.8) is 0 Å². The Balaban J connectivity index is 1.38. The Morgan fingerprint density at radius 3 is 2.31 bits per heavy atom. The smallest absolute Gasteiger partial charge is 0.261 e. The highest BCUT2D eigenvalue weighted by Crippen LogP contribution is 2.27. The minimum absolute atomic E-state index is 0.0389. The fraction of sp³-hybridized carbons (Fsp3) is 0.481. The molecule has 0 unspecified atom stereocenters. The van der Waals surface area contributed by atoms with Gasteiger partial charge in [-0.15, -0.1) is 0 Å². The second-order valence-corrected chi connectivity index (χ2v) is 11.5. The topological polar surface area (TPSA) is 95.6 Å². The van der Waals surface area contributed by atoms with Crippen LogP contribution in [0.3, 0.4) is 0 Å². The Morgan fingerprint density at radius 2 is 1.63 bits per heavy atom. The van der Waals surface area contributed by atoms with Crippen LogP contribution in [0.2, 0.25) is 0 Å². The third kappa shape index (κ3) is 6.23. The zero-order valence-corrected chi connectivity index (χ0v) is 21.4. The van der Waals surface area contributed by atoms with Gasteiger partial charge in [0.15, 0.2) is 0 Å². The normalized spacial score (nSPS) is 17.7. The Kier molecular flexibility index (Phi) is 7.79. The molecular formula is C27H35N3O4S. The third-order valence-corrected chi connectivity index (χ3v) is 8.51. The van der Waals surface area contributed by atoms with E-state index in [1.807, 2.05) is 17.9 Å². The van der Waals surface area contributed by atoms with E-state index in [2.05, 4.69) is 10.0 Å². The van der Waals surface area contributed by atoms with E-state index in [1.165, 1.54) is 18.6 Å². The van der Waals surface area contributed by atoms with Crippen LogP contribution in [-0.2, 0) is 14.8 Å². The zero-order valence-electron chi connectivity index (χ0n) is 20.5. The molecule has 1 heterocycles. The SMILES string of the molecule is Cc1cccc(NS(=O)(=O)c2ccc(C)c(C(=O)NC3CCN(C(=O)C4CCCCC4)CC3)c2)c1. The molecule has 0 aromatic heterocycles. The molecular weight excluding hydrogens is 462 g/mol. The molecule has 2 amide bonds. The van der Waals surface area contributed by atoms with Crippen LogP contribution in [0, 0.1) is 19.8 Å². The molecule has 1 saturated carbocycles. The highest BCUT2D eigenvalue weighted by atomic mass is 32.2. The maximum absolute atomic E-state index is 13.1. The van der Waals surface area contributed by atoms with Crippen molar-refractivity contribution in [3.8, 4) is 0 Å². The summed E-state index contributed by atoms with van der Waals surface area (Å²) in [7, 11) is -3.84. The molecule has 1 aliphatic heterocycles. The van der Waals surface area contributed by atoms with E-state index in [0.29, 0.717) is 42.7 Å². The van der Waals surface area contributed by atoms with Crippen molar-refractivity contribution in [1.29, 1.82) is 0 Å². The lowest BCUT2D eigenvalue weighted by atomic mass is 9.87. The van der Waals surface area contributed by atoms with Crippen LogP contribution in [0.25, 0.3) is 0 Å². The number of nitrogens with zero attached hydrogens (tertiary/aromatic N) is 1. The van der Waals surface area contributed by atoms with Crippen LogP contribution in [-0.4, -0.2) is 44.3 Å². The van der Waals surface area contributed by atoms with Crippen LogP contribution in [0.1, 0.15) is 66.4 Å². The minimum Gasteiger partial charge on any atom is -0.349 e. The summed E-state index contributed by atoms with van der Waals surface area (Å²) in [5.41, 5.74) is 2.48. The summed E-state index contributed by atoms with van der Waals surface area (Å²) in [6.07, 6.45) is 6.89. The number of amides is 2. The van der Waals surface area contributed by atoms with Gasteiger partial charge in [0, 0.05) is 36.3 Å². The lowest BCUT2D eigenvalue weighted by molar-refractivity contribution is -0.137. The molecule has 0 bridgehead atoms. The summed E-state index contributed by atoms with van der Waals surface area (Å²) in [5, 5.41) is 3.06. The molecule has 188 valence electrons. The Morgan fingerprint density at radius 1 is 0.914 bits per heavy atom. The second-order valence-electron chi connectivity index (χ2n) is 9.86. The number of sulfonamides is 1. The van der Waals surface area contributed by atoms with Crippen molar-refractivity contribution >= 4 is 27.5 Å². The second kappa shape index (κ2) is 10.8. The average Bonchev–Trinajstić information content (AvgIpc) is 2.84. The molecule has 1 saturated heterocycles. The molecule has 8 heteroatoms. The van der Waals surface area contributed by atoms with Crippen molar-refractivity contribution in [2.24, 2.45) is 5.92 Å². The first-order chi connectivity index (χ1) is 16.7. The fourth-order valence-electron chi connectivity index (χ4n) is 5.05. The molecule has 35 heavy (non-hydrogen) atoms. The number of anilines is 1. The van der Waals surface area contributed by atoms with Gasteiger partial charge < -0.3 is 10.2 Å². The molecule has 0 spiro atoms. The fourth-order valence-corrected chi connectivity index (χ4v) is 6.13. The first kappa shape index (κ1) is 25.2. The van der Waals surface area contributed by atoms with Crippen molar-refractivity contribution in [2.75, 3.05) is 17.8 Å². The Bertz CT molecular complexity index is 1180. The van der Waals surface area contributed by atoms with Gasteiger partial charge in [-0.1, -0.05) is 37.5 Å². The van der Waals surface area contributed by atoms with Crippen LogP contribution in [0.5, 0.6) is 0 Å². The van der Waals surface area contributed by atoms with Gasteiger partial charge in [-0.05, 0) is 74.9 Å². The molecule has 1 aliphatic carbocycles. The van der Waals surface area contributed by atoms with Crippen LogP contribution < -0.4 is 10.0 Å². The van der Waals surface area contributed by atoms with E-state index >= 15 is 0 Å². The third-order valence-electron chi connectivity index (χ3n) is 7.13. The van der Waals surface area contributed by atoms with Gasteiger partial charge in [0.2, 0.25) is 5.91 Å². The maximum atomic E-state index is 13.1. The van der Waals surface area contributed by atoms with Gasteiger partial charge in [0.05, 0.1) is 4.90 Å². The first-order valence-corrected chi connectivity index (χ1v) is 14.0. The molecule has 2 aliphatic rings. The van der Waals surface area contributed by atoms with Crippen LogP contribution >= 0.6 is 0 Å². The number of carbonyl (C=O) groups excluding carboxylic acids is 2. The van der Waals surface area contributed by atoms with Crippen molar-refractivity contribution < 1.29 is 18.0 Å². The Labute approximate surface area is 208 Å². The molecule has 0 radical (unpaired) electrons. The number of piperidine rings is 1. The maximum Gasteiger partial charge on any atom is 0.261 e. The number of benzene rings is 2. The van der Waals surface area contributed by atoms with Crippen molar-refractivity contribution in [3.05, 3.63) is 59.2 Å². The van der Waals surface area contributed by atoms with Crippen LogP contribution in [0.15, 0.2) is 47.4 Å². The van der Waals surface area contributed by atoms with E-state index in [9.17, 15) is 18.0 Å². The van der Waals surface area contributed by atoms with Crippen molar-refractivity contribution in [2.45, 2.75) is 69.7 Å². The minimum atomic E-state index is -3.84. The summed E-state index contributed by atoms with van der Waals surface area (Å²) in [6.45, 7) is 4.98. The predicted molar refractivity (Wildman–Crippen MR) is 137 cm³/mol. The number of hydrogen-bond acceptors (Lipinski definition) is 4. The predicted octanol–water partition coefficient (Wildman–Crippen LogP) is 4.41. The quantitative estimate of drug-likeness (QED) is 0.618. The summed E-state index contributed by atoms with van der Waals surface area (Å²) in [4.78, 5) is 27.9. The van der Waals surface area contributed by atoms with Gasteiger partial charge >= 0.3 is 0 Å². The first-order valence-electron chi connectivity index (χ1n) is 12.5. The summed E-state index contributed by atoms with van der Waals surface area (Å²) in [6, 6.07) is 11.7. The molecule has 2 aromatic rings. The molecule has 4 rings (SSSR count). The van der Waals surface area contributed by atoms with Gasteiger partial charge in [0.25, 0.3) is 15.9 Å². The number of aryl methyl sites for hydroxylation is 2. The monoisotopic (exact) mass is 497 g/mol. The van der Waals surface area contributed by atoms with Crippen molar-refractivity contribution in [1.82, 2.24) is 10.2 Å². The summed E-state index contributed by atoms with van der Waals surface area (Å²) in [5.74, 6) is 0.146. The lowest BCUT2D eigenvalue weighted by Crippen LogP contribution is -2.48. The summed E-state index contributed by atoms with van der Waals surface area (Å²) >= 11 is 0. The number of hydrogen-bond donors (Lipinski definition) is 2. The van der Waals surface area contributed by atoms with E-state index in [-0.39, 0.29) is 28.7 Å². The van der Waals surface area contributed by atoms with E-state index < -0.39 is 10.0 Å².